The fourth-order valence-corrected chi connectivity index (χ4v) is 2.13. The van der Waals surface area contributed by atoms with Crippen LogP contribution in [-0.2, 0) is 11.3 Å². The third kappa shape index (κ3) is 6.91. The Morgan fingerprint density at radius 2 is 1.91 bits per heavy atom. The second-order valence-electron chi connectivity index (χ2n) is 4.87. The highest BCUT2D eigenvalue weighted by Crippen LogP contribution is 2.10. The van der Waals surface area contributed by atoms with Gasteiger partial charge < -0.3 is 21.7 Å². The number of halogens is 1. The molecule has 0 aromatic heterocycles. The standard InChI is InChI=1S/C15H23BrN4O2/c1-2-3-13(14(21)18-9-8-17)20-15(22)19-10-11-4-6-12(16)7-5-11/h4-7,13H,2-3,8-10,17H2,1H3,(H,18,21)(H2,19,20,22). The first-order valence-electron chi connectivity index (χ1n) is 7.33. The molecule has 22 heavy (non-hydrogen) atoms. The molecule has 6 nitrogen and oxygen atoms in total. The van der Waals surface area contributed by atoms with E-state index in [2.05, 4.69) is 31.9 Å². The molecule has 1 aromatic carbocycles. The highest BCUT2D eigenvalue weighted by Gasteiger charge is 2.19. The van der Waals surface area contributed by atoms with E-state index in [-0.39, 0.29) is 11.9 Å². The molecule has 0 bridgehead atoms. The van der Waals surface area contributed by atoms with Crippen LogP contribution in [0.25, 0.3) is 0 Å². The summed E-state index contributed by atoms with van der Waals surface area (Å²) in [5.74, 6) is -0.203. The van der Waals surface area contributed by atoms with Gasteiger partial charge in [-0.2, -0.15) is 0 Å². The molecule has 0 aliphatic rings. The van der Waals surface area contributed by atoms with E-state index in [0.29, 0.717) is 26.1 Å². The summed E-state index contributed by atoms with van der Waals surface area (Å²) in [6.45, 7) is 3.15. The van der Waals surface area contributed by atoms with Crippen LogP contribution in [0.3, 0.4) is 0 Å². The fourth-order valence-electron chi connectivity index (χ4n) is 1.87. The molecule has 0 fully saturated rings. The van der Waals surface area contributed by atoms with Gasteiger partial charge in [0.15, 0.2) is 0 Å². The van der Waals surface area contributed by atoms with E-state index in [1.54, 1.807) is 0 Å². The molecule has 0 saturated carbocycles. The van der Waals surface area contributed by atoms with Gasteiger partial charge in [0.25, 0.3) is 0 Å². The normalized spacial score (nSPS) is 11.6. The molecule has 1 atom stereocenters. The molecule has 1 aromatic rings. The van der Waals surface area contributed by atoms with Gasteiger partial charge in [0.05, 0.1) is 0 Å². The highest BCUT2D eigenvalue weighted by atomic mass is 79.9. The maximum Gasteiger partial charge on any atom is 0.315 e. The molecule has 122 valence electrons. The van der Waals surface area contributed by atoms with Gasteiger partial charge in [-0.3, -0.25) is 4.79 Å². The summed E-state index contributed by atoms with van der Waals surface area (Å²) < 4.78 is 0.986. The molecule has 0 saturated heterocycles. The third-order valence-corrected chi connectivity index (χ3v) is 3.54. The lowest BCUT2D eigenvalue weighted by atomic mass is 10.1. The molecule has 3 amide bonds. The van der Waals surface area contributed by atoms with Gasteiger partial charge in [-0.15, -0.1) is 0 Å². The van der Waals surface area contributed by atoms with Crippen molar-refractivity contribution in [1.82, 2.24) is 16.0 Å². The quantitative estimate of drug-likeness (QED) is 0.558. The summed E-state index contributed by atoms with van der Waals surface area (Å²) in [5.41, 5.74) is 6.34. The number of rotatable bonds is 8. The predicted molar refractivity (Wildman–Crippen MR) is 90.3 cm³/mol. The number of nitrogens with one attached hydrogen (secondary N) is 3. The van der Waals surface area contributed by atoms with E-state index in [4.69, 9.17) is 5.73 Å². The van der Waals surface area contributed by atoms with Crippen LogP contribution < -0.4 is 21.7 Å². The number of hydrogen-bond acceptors (Lipinski definition) is 3. The van der Waals surface area contributed by atoms with Crippen LogP contribution in [0.5, 0.6) is 0 Å². The summed E-state index contributed by atoms with van der Waals surface area (Å²) in [6.07, 6.45) is 1.38. The number of nitrogens with two attached hydrogens (primary N) is 1. The topological polar surface area (TPSA) is 96.2 Å². The van der Waals surface area contributed by atoms with Crippen molar-refractivity contribution in [2.45, 2.75) is 32.4 Å². The summed E-state index contributed by atoms with van der Waals surface area (Å²) in [5, 5.41) is 8.14. The largest absolute Gasteiger partial charge is 0.353 e. The zero-order valence-electron chi connectivity index (χ0n) is 12.7. The van der Waals surface area contributed by atoms with Crippen molar-refractivity contribution >= 4 is 27.9 Å². The van der Waals surface area contributed by atoms with Gasteiger partial charge in [-0.25, -0.2) is 4.79 Å². The summed E-state index contributed by atoms with van der Waals surface area (Å²) in [6, 6.07) is 6.76. The smallest absolute Gasteiger partial charge is 0.315 e. The Labute approximate surface area is 139 Å². The Bertz CT molecular complexity index is 479. The SMILES string of the molecule is CCCC(NC(=O)NCc1ccc(Br)cc1)C(=O)NCCN. The van der Waals surface area contributed by atoms with E-state index in [0.717, 1.165) is 16.5 Å². The van der Waals surface area contributed by atoms with Crippen molar-refractivity contribution in [2.75, 3.05) is 13.1 Å². The molecule has 7 heteroatoms. The first-order valence-corrected chi connectivity index (χ1v) is 8.12. The van der Waals surface area contributed by atoms with Crippen molar-refractivity contribution in [3.63, 3.8) is 0 Å². The van der Waals surface area contributed by atoms with Gasteiger partial charge in [0.1, 0.15) is 6.04 Å². The minimum atomic E-state index is -0.540. The molecule has 5 N–H and O–H groups in total. The van der Waals surface area contributed by atoms with Crippen LogP contribution in [-0.4, -0.2) is 31.1 Å². The Hall–Kier alpha value is -1.60. The Kier molecular flexibility index (Phi) is 8.54. The average Bonchev–Trinajstić information content (AvgIpc) is 2.51. The van der Waals surface area contributed by atoms with Gasteiger partial charge in [0, 0.05) is 24.1 Å². The van der Waals surface area contributed by atoms with Crippen molar-refractivity contribution in [2.24, 2.45) is 5.73 Å². The van der Waals surface area contributed by atoms with E-state index < -0.39 is 6.04 Å². The van der Waals surface area contributed by atoms with Crippen LogP contribution in [0.1, 0.15) is 25.3 Å². The zero-order valence-corrected chi connectivity index (χ0v) is 14.3. The number of urea groups is 1. The first-order chi connectivity index (χ1) is 10.6. The second kappa shape index (κ2) is 10.2. The van der Waals surface area contributed by atoms with Gasteiger partial charge >= 0.3 is 6.03 Å². The van der Waals surface area contributed by atoms with Gasteiger partial charge in [0.2, 0.25) is 5.91 Å². The molecule has 0 heterocycles. The molecule has 0 aliphatic carbocycles. The van der Waals surface area contributed by atoms with E-state index in [9.17, 15) is 9.59 Å². The molecule has 0 aliphatic heterocycles. The molecule has 1 unspecified atom stereocenters. The zero-order chi connectivity index (χ0) is 16.4. The number of carbonyl (C=O) groups is 2. The Balaban J connectivity index is 2.45. The summed E-state index contributed by atoms with van der Waals surface area (Å²) in [7, 11) is 0. The van der Waals surface area contributed by atoms with Crippen molar-refractivity contribution in [1.29, 1.82) is 0 Å². The number of benzene rings is 1. The van der Waals surface area contributed by atoms with Crippen LogP contribution >= 0.6 is 15.9 Å². The van der Waals surface area contributed by atoms with Crippen LogP contribution in [0.4, 0.5) is 4.79 Å². The minimum Gasteiger partial charge on any atom is -0.353 e. The first kappa shape index (κ1) is 18.4. The van der Waals surface area contributed by atoms with Crippen LogP contribution in [0, 0.1) is 0 Å². The Morgan fingerprint density at radius 1 is 1.23 bits per heavy atom. The maximum absolute atomic E-state index is 11.9. The van der Waals surface area contributed by atoms with E-state index in [1.807, 2.05) is 31.2 Å². The van der Waals surface area contributed by atoms with Crippen LogP contribution in [0.15, 0.2) is 28.7 Å². The van der Waals surface area contributed by atoms with Gasteiger partial charge in [-0.1, -0.05) is 41.4 Å². The number of amides is 3. The average molecular weight is 371 g/mol. The summed E-state index contributed by atoms with van der Waals surface area (Å²) >= 11 is 3.36. The fraction of sp³-hybridized carbons (Fsp3) is 0.467. The van der Waals surface area contributed by atoms with Crippen molar-refractivity contribution < 1.29 is 9.59 Å². The highest BCUT2D eigenvalue weighted by molar-refractivity contribution is 9.10. The predicted octanol–water partition coefficient (Wildman–Crippen LogP) is 1.49. The van der Waals surface area contributed by atoms with Crippen LogP contribution in [0.2, 0.25) is 0 Å². The van der Waals surface area contributed by atoms with Crippen molar-refractivity contribution in [3.8, 4) is 0 Å². The lowest BCUT2D eigenvalue weighted by Gasteiger charge is -2.18. The lowest BCUT2D eigenvalue weighted by molar-refractivity contribution is -0.123. The van der Waals surface area contributed by atoms with Crippen molar-refractivity contribution in [3.05, 3.63) is 34.3 Å². The summed E-state index contributed by atoms with van der Waals surface area (Å²) in [4.78, 5) is 23.8. The minimum absolute atomic E-state index is 0.203. The maximum atomic E-state index is 11.9. The molecule has 0 radical (unpaired) electrons. The molecule has 0 spiro atoms. The molecular weight excluding hydrogens is 348 g/mol. The third-order valence-electron chi connectivity index (χ3n) is 3.01. The van der Waals surface area contributed by atoms with E-state index in [1.165, 1.54) is 0 Å². The molecular formula is C15H23BrN4O2. The monoisotopic (exact) mass is 370 g/mol. The van der Waals surface area contributed by atoms with E-state index >= 15 is 0 Å². The number of hydrogen-bond donors (Lipinski definition) is 4. The second-order valence-corrected chi connectivity index (χ2v) is 5.79. The number of carbonyl (C=O) groups excluding carboxylic acids is 2. The van der Waals surface area contributed by atoms with Gasteiger partial charge in [-0.05, 0) is 24.1 Å². The Morgan fingerprint density at radius 3 is 2.50 bits per heavy atom. The molecule has 1 rings (SSSR count). The lowest BCUT2D eigenvalue weighted by Crippen LogP contribution is -2.50.